The first-order valence-electron chi connectivity index (χ1n) is 38.2. The smallest absolute Gasteiger partial charge is 0.0491 e. The molecule has 0 radical (unpaired) electrons. The molecule has 12 aromatic carbocycles. The molecular weight excluding hydrogens is 1210 g/mol. The predicted molar refractivity (Wildman–Crippen MR) is 463 cm³/mol. The fourth-order valence-corrected chi connectivity index (χ4v) is 12.3. The van der Waals surface area contributed by atoms with Crippen molar-refractivity contribution < 1.29 is 0 Å². The molecule has 0 atom stereocenters. The number of rotatable bonds is 0. The van der Waals surface area contributed by atoms with E-state index < -0.39 is 0 Å². The summed E-state index contributed by atoms with van der Waals surface area (Å²) >= 11 is 0. The molecule has 3 heterocycles. The van der Waals surface area contributed by atoms with E-state index in [1.807, 2.05) is 138 Å². The summed E-state index contributed by atoms with van der Waals surface area (Å²) in [4.78, 5) is 2.30. The SMILES string of the molecule is CC.CC.CC.CC.CC.CC.CC.CC.CC.CC.Cc1ccc2c(c1)C(C)(C)c1ccccc1N2C.Cc1ccc2c(c1)c1ccccc1n2C.Cc1ccc2c(ccc3cc(C)ccc32)c1.Cc1ccc2c3ccccc3n(C)c2c1.Cc1ccc2cc(C)c3ccccc3c2c1. The minimum atomic E-state index is 0.0739. The molecule has 1 aliphatic rings. The van der Waals surface area contributed by atoms with Gasteiger partial charge in [-0.3, -0.25) is 0 Å². The van der Waals surface area contributed by atoms with Crippen LogP contribution in [0.25, 0.3) is 86.7 Å². The first kappa shape index (κ1) is 89.1. The highest BCUT2D eigenvalue weighted by atomic mass is 15.1. The number of hydrogen-bond acceptors (Lipinski definition) is 1. The highest BCUT2D eigenvalue weighted by Gasteiger charge is 2.34. The van der Waals surface area contributed by atoms with Gasteiger partial charge in [0, 0.05) is 81.5 Å². The van der Waals surface area contributed by atoms with Gasteiger partial charge >= 0.3 is 0 Å². The van der Waals surface area contributed by atoms with Crippen LogP contribution < -0.4 is 4.90 Å². The van der Waals surface area contributed by atoms with Crippen molar-refractivity contribution in [1.29, 1.82) is 0 Å². The van der Waals surface area contributed by atoms with Crippen molar-refractivity contribution >= 4 is 98.1 Å². The number of anilines is 2. The first-order chi connectivity index (χ1) is 48.5. The van der Waals surface area contributed by atoms with Crippen molar-refractivity contribution in [1.82, 2.24) is 9.13 Å². The number of fused-ring (bicyclic) bond motifs is 14. The molecule has 14 aromatic rings. The van der Waals surface area contributed by atoms with Crippen LogP contribution in [-0.2, 0) is 19.5 Å². The monoisotopic (exact) mass is 1340 g/mol. The Morgan fingerprint density at radius 2 is 0.540 bits per heavy atom. The predicted octanol–water partition coefficient (Wildman–Crippen LogP) is 31.2. The van der Waals surface area contributed by atoms with E-state index in [1.54, 1.807) is 0 Å². The number of aromatic nitrogens is 2. The van der Waals surface area contributed by atoms with Gasteiger partial charge in [-0.2, -0.15) is 0 Å². The summed E-state index contributed by atoms with van der Waals surface area (Å²) in [6.07, 6.45) is 0. The summed E-state index contributed by atoms with van der Waals surface area (Å²) in [5.41, 5.74) is 20.0. The van der Waals surface area contributed by atoms with Crippen LogP contribution in [0.15, 0.2) is 224 Å². The molecule has 3 nitrogen and oxygen atoms in total. The van der Waals surface area contributed by atoms with Crippen molar-refractivity contribution in [3.63, 3.8) is 0 Å². The lowest BCUT2D eigenvalue weighted by Crippen LogP contribution is -2.30. The average molecular weight is 1340 g/mol. The zero-order valence-electron chi connectivity index (χ0n) is 68.7. The molecule has 2 aromatic heterocycles. The molecular formula is C97H133N3. The maximum Gasteiger partial charge on any atom is 0.0491 e. The largest absolute Gasteiger partial charge is 0.344 e. The number of benzene rings is 12. The molecule has 100 heavy (non-hydrogen) atoms. The molecule has 0 saturated carbocycles. The highest BCUT2D eigenvalue weighted by molar-refractivity contribution is 6.11. The Kier molecular flexibility index (Phi) is 41.4. The summed E-state index contributed by atoms with van der Waals surface area (Å²) in [7, 11) is 6.41. The van der Waals surface area contributed by atoms with E-state index in [1.165, 1.54) is 148 Å². The molecule has 3 heteroatoms. The molecule has 0 unspecified atom stereocenters. The van der Waals surface area contributed by atoms with Gasteiger partial charge in [-0.1, -0.05) is 362 Å². The summed E-state index contributed by atoms with van der Waals surface area (Å²) in [6, 6.07) is 81.1. The summed E-state index contributed by atoms with van der Waals surface area (Å²) in [6.45, 7) is 59.7. The maximum absolute atomic E-state index is 2.32. The minimum absolute atomic E-state index is 0.0739. The lowest BCUT2D eigenvalue weighted by Gasteiger charge is -2.40. The topological polar surface area (TPSA) is 13.1 Å². The van der Waals surface area contributed by atoms with Gasteiger partial charge in [0.1, 0.15) is 0 Å². The second kappa shape index (κ2) is 46.4. The molecule has 536 valence electrons. The minimum Gasteiger partial charge on any atom is -0.344 e. The number of para-hydroxylation sites is 3. The Morgan fingerprint density at radius 1 is 0.220 bits per heavy atom. The molecule has 1 aliphatic heterocycles. The zero-order valence-corrected chi connectivity index (χ0v) is 68.7. The summed E-state index contributed by atoms with van der Waals surface area (Å²) in [5, 5.41) is 16.2. The fraction of sp³-hybridized carbons (Fsp3) is 0.340. The van der Waals surface area contributed by atoms with E-state index in [0.29, 0.717) is 0 Å². The number of aryl methyl sites for hydroxylation is 9. The van der Waals surface area contributed by atoms with Crippen LogP contribution in [-0.4, -0.2) is 16.2 Å². The Morgan fingerprint density at radius 3 is 1.06 bits per heavy atom. The van der Waals surface area contributed by atoms with Crippen molar-refractivity contribution in [2.75, 3.05) is 11.9 Å². The van der Waals surface area contributed by atoms with Crippen LogP contribution >= 0.6 is 0 Å². The standard InChI is InChI=1S/C17H19N.2C16H14.2C14H13N.10C2H6/c1-12-9-10-16-14(11-12)17(2,3)13-7-5-6-8-15(13)18(16)4;1-11-3-7-15-13(9-11)5-6-14-10-12(2)4-8-16(14)15;1-11-7-8-13-10-12(2)14-5-3-4-6-15(14)16(13)9-11;1-10-7-8-14-12(9-10)11-5-3-4-6-13(11)15(14)2;1-10-7-8-12-11-5-3-4-6-13(11)15(2)14(12)9-10;10*1-2/h5-11H,1-4H3;2*3-10H,1-2H3;2*3-9H,1-2H3;10*1-2H3. The molecule has 0 fully saturated rings. The second-order valence-corrected chi connectivity index (χ2v) is 22.9. The van der Waals surface area contributed by atoms with Gasteiger partial charge in [0.05, 0.1) is 0 Å². The number of hydrogen-bond donors (Lipinski definition) is 0. The Hall–Kier alpha value is -8.92. The van der Waals surface area contributed by atoms with Crippen molar-refractivity contribution in [2.24, 2.45) is 14.1 Å². The van der Waals surface area contributed by atoms with Crippen LogP contribution in [0.4, 0.5) is 11.4 Å². The van der Waals surface area contributed by atoms with E-state index in [2.05, 4.69) is 322 Å². The molecule has 0 saturated heterocycles. The van der Waals surface area contributed by atoms with Crippen molar-refractivity contribution in [3.8, 4) is 0 Å². The number of nitrogens with zero attached hydrogens (tertiary/aromatic N) is 3. The lowest BCUT2D eigenvalue weighted by atomic mass is 9.73. The quantitative estimate of drug-likeness (QED) is 0.138. The van der Waals surface area contributed by atoms with Gasteiger partial charge in [0.25, 0.3) is 0 Å². The highest BCUT2D eigenvalue weighted by Crippen LogP contribution is 2.48. The molecule has 0 N–H and O–H groups in total. The third kappa shape index (κ3) is 21.8. The molecule has 0 spiro atoms. The second-order valence-electron chi connectivity index (χ2n) is 22.9. The van der Waals surface area contributed by atoms with E-state index in [0.717, 1.165) is 0 Å². The van der Waals surface area contributed by atoms with Gasteiger partial charge in [-0.05, 0) is 156 Å². The van der Waals surface area contributed by atoms with Crippen molar-refractivity contribution in [3.05, 3.63) is 275 Å². The van der Waals surface area contributed by atoms with Gasteiger partial charge in [0.2, 0.25) is 0 Å². The third-order valence-corrected chi connectivity index (χ3v) is 16.6. The van der Waals surface area contributed by atoms with E-state index in [9.17, 15) is 0 Å². The Labute approximate surface area is 610 Å². The van der Waals surface area contributed by atoms with Crippen LogP contribution in [0.5, 0.6) is 0 Å². The average Bonchev–Trinajstić information content (AvgIpc) is 1.16. The van der Waals surface area contributed by atoms with Crippen LogP contribution in [0, 0.1) is 48.5 Å². The summed E-state index contributed by atoms with van der Waals surface area (Å²) < 4.78 is 4.52. The van der Waals surface area contributed by atoms with Crippen LogP contribution in [0.2, 0.25) is 0 Å². The molecule has 0 aliphatic carbocycles. The normalized spacial score (nSPS) is 10.5. The molecule has 15 rings (SSSR count). The van der Waals surface area contributed by atoms with Crippen LogP contribution in [0.3, 0.4) is 0 Å². The molecule has 0 amide bonds. The van der Waals surface area contributed by atoms with Crippen LogP contribution in [0.1, 0.15) is 202 Å². The Bertz CT molecular complexity index is 4570. The van der Waals surface area contributed by atoms with Gasteiger partial charge < -0.3 is 14.0 Å². The molecule has 0 bridgehead atoms. The first-order valence-corrected chi connectivity index (χ1v) is 38.2. The van der Waals surface area contributed by atoms with Crippen molar-refractivity contribution in [2.45, 2.75) is 206 Å². The maximum atomic E-state index is 2.32. The lowest BCUT2D eigenvalue weighted by molar-refractivity contribution is 0.629. The van der Waals surface area contributed by atoms with Gasteiger partial charge in [-0.25, -0.2) is 0 Å². The third-order valence-electron chi connectivity index (χ3n) is 16.6. The zero-order chi connectivity index (χ0) is 76.0. The van der Waals surface area contributed by atoms with Gasteiger partial charge in [0.15, 0.2) is 0 Å². The van der Waals surface area contributed by atoms with Gasteiger partial charge in [-0.15, -0.1) is 0 Å². The summed E-state index contributed by atoms with van der Waals surface area (Å²) in [5.74, 6) is 0. The van der Waals surface area contributed by atoms with E-state index >= 15 is 0 Å². The fourth-order valence-electron chi connectivity index (χ4n) is 12.3. The van der Waals surface area contributed by atoms with E-state index in [4.69, 9.17) is 0 Å². The Balaban J connectivity index is 0.000000587. The van der Waals surface area contributed by atoms with E-state index in [-0.39, 0.29) is 5.41 Å².